The molecular weight excluding hydrogens is 426 g/mol. The van der Waals surface area contributed by atoms with Gasteiger partial charge in [0, 0.05) is 24.2 Å². The molecule has 0 saturated heterocycles. The number of nitrogens with one attached hydrogen (secondary N) is 1. The Hall–Kier alpha value is -3.00. The predicted octanol–water partition coefficient (Wildman–Crippen LogP) is 5.57. The molecule has 0 aliphatic heterocycles. The molecule has 0 unspecified atom stereocenters. The Bertz CT molecular complexity index is 1030. The van der Waals surface area contributed by atoms with Gasteiger partial charge in [0.2, 0.25) is 5.91 Å². The zero-order valence-corrected chi connectivity index (χ0v) is 18.0. The number of anilines is 1. The van der Waals surface area contributed by atoms with Crippen LogP contribution in [0.15, 0.2) is 36.4 Å². The van der Waals surface area contributed by atoms with Crippen molar-refractivity contribution in [2.75, 3.05) is 11.9 Å². The van der Waals surface area contributed by atoms with Crippen LogP contribution in [-0.2, 0) is 17.4 Å². The summed E-state index contributed by atoms with van der Waals surface area (Å²) in [7, 11) is 0. The standard InChI is InChI=1S/C24H25F4NO3/c1-4-5-18-17(21(31)10-14(2)13-30)8-6-15(3)23(18)29-22(32)12-16-7-9-20(25)19(11-16)24(26,27)28/h4-9,11,14,30H,10,12-13H2,1-3H3,(H,29,32)/b5-4-/t14-/m0/s1. The van der Waals surface area contributed by atoms with Gasteiger partial charge in [-0.3, -0.25) is 9.59 Å². The molecule has 2 rings (SSSR count). The van der Waals surface area contributed by atoms with Gasteiger partial charge in [-0.1, -0.05) is 37.3 Å². The van der Waals surface area contributed by atoms with E-state index in [-0.39, 0.29) is 30.3 Å². The van der Waals surface area contributed by atoms with Crippen LogP contribution in [-0.4, -0.2) is 23.4 Å². The number of benzene rings is 2. The number of aliphatic hydroxyl groups is 1. The van der Waals surface area contributed by atoms with Gasteiger partial charge in [-0.15, -0.1) is 0 Å². The van der Waals surface area contributed by atoms with Crippen LogP contribution < -0.4 is 5.32 Å². The number of aryl methyl sites for hydroxylation is 1. The van der Waals surface area contributed by atoms with E-state index in [0.717, 1.165) is 6.07 Å². The smallest absolute Gasteiger partial charge is 0.396 e. The van der Waals surface area contributed by atoms with Crippen molar-refractivity contribution >= 4 is 23.5 Å². The molecule has 1 amide bonds. The normalized spacial score (nSPS) is 12.8. The summed E-state index contributed by atoms with van der Waals surface area (Å²) in [6.07, 6.45) is -1.79. The van der Waals surface area contributed by atoms with Crippen molar-refractivity contribution in [3.8, 4) is 0 Å². The van der Waals surface area contributed by atoms with Gasteiger partial charge in [0.15, 0.2) is 5.78 Å². The number of ketones is 1. The van der Waals surface area contributed by atoms with Crippen molar-refractivity contribution in [2.24, 2.45) is 5.92 Å². The van der Waals surface area contributed by atoms with E-state index in [0.29, 0.717) is 34.5 Å². The molecule has 32 heavy (non-hydrogen) atoms. The molecular formula is C24H25F4NO3. The Balaban J connectivity index is 2.35. The van der Waals surface area contributed by atoms with E-state index < -0.39 is 29.9 Å². The molecule has 172 valence electrons. The highest BCUT2D eigenvalue weighted by Crippen LogP contribution is 2.32. The number of amides is 1. The van der Waals surface area contributed by atoms with Gasteiger partial charge in [-0.2, -0.15) is 13.2 Å². The molecule has 0 spiro atoms. The Morgan fingerprint density at radius 1 is 1.19 bits per heavy atom. The van der Waals surface area contributed by atoms with E-state index in [1.807, 2.05) is 0 Å². The molecule has 1 atom stereocenters. The van der Waals surface area contributed by atoms with Crippen LogP contribution in [0.4, 0.5) is 23.2 Å². The monoisotopic (exact) mass is 451 g/mol. The number of hydrogen-bond acceptors (Lipinski definition) is 3. The van der Waals surface area contributed by atoms with Crippen LogP contribution in [0.3, 0.4) is 0 Å². The molecule has 2 aromatic carbocycles. The minimum Gasteiger partial charge on any atom is -0.396 e. The molecule has 2 aromatic rings. The van der Waals surface area contributed by atoms with E-state index in [2.05, 4.69) is 5.32 Å². The first kappa shape index (κ1) is 25.3. The topological polar surface area (TPSA) is 66.4 Å². The van der Waals surface area contributed by atoms with Crippen molar-refractivity contribution in [1.82, 2.24) is 0 Å². The maximum absolute atomic E-state index is 13.5. The third-order valence-corrected chi connectivity index (χ3v) is 4.90. The minimum atomic E-state index is -4.87. The molecule has 0 saturated carbocycles. The highest BCUT2D eigenvalue weighted by Gasteiger charge is 2.34. The van der Waals surface area contributed by atoms with Gasteiger partial charge < -0.3 is 10.4 Å². The lowest BCUT2D eigenvalue weighted by Crippen LogP contribution is -2.18. The lowest BCUT2D eigenvalue weighted by molar-refractivity contribution is -0.140. The number of halogens is 4. The van der Waals surface area contributed by atoms with E-state index >= 15 is 0 Å². The fraction of sp³-hybridized carbons (Fsp3) is 0.333. The highest BCUT2D eigenvalue weighted by atomic mass is 19.4. The van der Waals surface area contributed by atoms with Crippen LogP contribution in [0.25, 0.3) is 6.08 Å². The molecule has 0 bridgehead atoms. The van der Waals surface area contributed by atoms with Crippen LogP contribution in [0, 0.1) is 18.7 Å². The Labute approximate surface area is 184 Å². The molecule has 2 N–H and O–H groups in total. The third-order valence-electron chi connectivity index (χ3n) is 4.90. The van der Waals surface area contributed by atoms with Crippen LogP contribution in [0.5, 0.6) is 0 Å². The summed E-state index contributed by atoms with van der Waals surface area (Å²) in [6.45, 7) is 5.07. The van der Waals surface area contributed by atoms with Crippen LogP contribution in [0.2, 0.25) is 0 Å². The molecule has 0 aliphatic rings. The summed E-state index contributed by atoms with van der Waals surface area (Å²) in [5, 5.41) is 11.9. The van der Waals surface area contributed by atoms with Crippen LogP contribution >= 0.6 is 0 Å². The summed E-state index contributed by atoms with van der Waals surface area (Å²) in [5.74, 6) is -2.45. The summed E-state index contributed by atoms with van der Waals surface area (Å²) in [5.41, 5.74) is 0.447. The number of Topliss-reactive ketones (excluding diaryl/α,β-unsaturated/α-hetero) is 1. The Morgan fingerprint density at radius 3 is 2.47 bits per heavy atom. The zero-order valence-electron chi connectivity index (χ0n) is 18.0. The molecule has 0 radical (unpaired) electrons. The lowest BCUT2D eigenvalue weighted by Gasteiger charge is -2.17. The number of rotatable bonds is 8. The van der Waals surface area contributed by atoms with E-state index in [1.165, 1.54) is 0 Å². The second kappa shape index (κ2) is 10.5. The van der Waals surface area contributed by atoms with Gasteiger partial charge in [0.05, 0.1) is 17.7 Å². The molecule has 8 heteroatoms. The molecule has 0 aliphatic carbocycles. The SMILES string of the molecule is C/C=C\c1c(C(=O)C[C@H](C)CO)ccc(C)c1NC(=O)Cc1ccc(F)c(C(F)(F)F)c1. The predicted molar refractivity (Wildman–Crippen MR) is 115 cm³/mol. The van der Waals surface area contributed by atoms with Crippen molar-refractivity contribution in [2.45, 2.75) is 39.8 Å². The fourth-order valence-electron chi connectivity index (χ4n) is 3.24. The van der Waals surface area contributed by atoms with Gasteiger partial charge in [-0.05, 0) is 43.0 Å². The van der Waals surface area contributed by atoms with Crippen LogP contribution in [0.1, 0.15) is 52.9 Å². The van der Waals surface area contributed by atoms with Crippen molar-refractivity contribution in [3.63, 3.8) is 0 Å². The molecule has 0 aromatic heterocycles. The maximum Gasteiger partial charge on any atom is 0.419 e. The lowest BCUT2D eigenvalue weighted by atomic mass is 9.93. The average Bonchev–Trinajstić information content (AvgIpc) is 2.71. The largest absolute Gasteiger partial charge is 0.419 e. The van der Waals surface area contributed by atoms with E-state index in [1.54, 1.807) is 45.1 Å². The number of aliphatic hydroxyl groups excluding tert-OH is 1. The Morgan fingerprint density at radius 2 is 1.88 bits per heavy atom. The minimum absolute atomic E-state index is 0.00506. The number of allylic oxidation sites excluding steroid dienone is 1. The number of alkyl halides is 3. The average molecular weight is 451 g/mol. The molecule has 0 heterocycles. The second-order valence-electron chi connectivity index (χ2n) is 7.67. The summed E-state index contributed by atoms with van der Waals surface area (Å²) < 4.78 is 52.3. The van der Waals surface area contributed by atoms with E-state index in [9.17, 15) is 32.3 Å². The third kappa shape index (κ3) is 6.26. The first-order valence-corrected chi connectivity index (χ1v) is 10.0. The molecule has 0 fully saturated rings. The summed E-state index contributed by atoms with van der Waals surface area (Å²) in [6, 6.07) is 5.73. The van der Waals surface area contributed by atoms with Gasteiger partial charge in [-0.25, -0.2) is 4.39 Å². The van der Waals surface area contributed by atoms with Gasteiger partial charge in [0.1, 0.15) is 5.82 Å². The Kier molecular flexibility index (Phi) is 8.32. The first-order chi connectivity index (χ1) is 15.0. The summed E-state index contributed by atoms with van der Waals surface area (Å²) >= 11 is 0. The van der Waals surface area contributed by atoms with Gasteiger partial charge >= 0.3 is 6.18 Å². The second-order valence-corrected chi connectivity index (χ2v) is 7.67. The van der Waals surface area contributed by atoms with E-state index in [4.69, 9.17) is 0 Å². The molecule has 4 nitrogen and oxygen atoms in total. The number of carbonyl (C=O) groups excluding carboxylic acids is 2. The number of carbonyl (C=O) groups is 2. The van der Waals surface area contributed by atoms with Crippen molar-refractivity contribution < 1.29 is 32.3 Å². The quantitative estimate of drug-likeness (QED) is 0.407. The first-order valence-electron chi connectivity index (χ1n) is 10.0. The van der Waals surface area contributed by atoms with Crippen molar-refractivity contribution in [1.29, 1.82) is 0 Å². The fourth-order valence-corrected chi connectivity index (χ4v) is 3.24. The number of hydrogen-bond donors (Lipinski definition) is 2. The highest BCUT2D eigenvalue weighted by molar-refractivity contribution is 6.04. The van der Waals surface area contributed by atoms with Crippen molar-refractivity contribution in [3.05, 3.63) is 70.0 Å². The van der Waals surface area contributed by atoms with Gasteiger partial charge in [0.25, 0.3) is 0 Å². The zero-order chi connectivity index (χ0) is 24.1. The summed E-state index contributed by atoms with van der Waals surface area (Å²) in [4.78, 5) is 25.3. The maximum atomic E-state index is 13.5.